The molecular formula is C16H15Cl2N3O3. The summed E-state index contributed by atoms with van der Waals surface area (Å²) in [6, 6.07) is 7.68. The van der Waals surface area contributed by atoms with Crippen LogP contribution in [-0.4, -0.2) is 29.8 Å². The van der Waals surface area contributed by atoms with Crippen LogP contribution in [0.5, 0.6) is 0 Å². The Morgan fingerprint density at radius 1 is 1.17 bits per heavy atom. The highest BCUT2D eigenvalue weighted by molar-refractivity contribution is 6.39. The lowest BCUT2D eigenvalue weighted by Crippen LogP contribution is -2.38. The molecule has 0 fully saturated rings. The highest BCUT2D eigenvalue weighted by Crippen LogP contribution is 2.29. The summed E-state index contributed by atoms with van der Waals surface area (Å²) in [7, 11) is 0. The summed E-state index contributed by atoms with van der Waals surface area (Å²) in [4.78, 5) is 25.9. The number of pyridine rings is 1. The highest BCUT2D eigenvalue weighted by Gasteiger charge is 2.19. The van der Waals surface area contributed by atoms with Gasteiger partial charge in [0.1, 0.15) is 6.54 Å². The van der Waals surface area contributed by atoms with E-state index >= 15 is 0 Å². The molecule has 1 aromatic carbocycles. The first-order chi connectivity index (χ1) is 11.4. The van der Waals surface area contributed by atoms with E-state index in [9.17, 15) is 14.8 Å². The van der Waals surface area contributed by atoms with Gasteiger partial charge in [0.15, 0.2) is 12.4 Å². The Bertz CT molecular complexity index is 730. The normalized spacial score (nSPS) is 10.3. The molecule has 24 heavy (non-hydrogen) atoms. The summed E-state index contributed by atoms with van der Waals surface area (Å²) in [6.45, 7) is 1.92. The van der Waals surface area contributed by atoms with E-state index in [4.69, 9.17) is 23.2 Å². The number of benzene rings is 1. The predicted octanol–water partition coefficient (Wildman–Crippen LogP) is 2.73. The van der Waals surface area contributed by atoms with Crippen molar-refractivity contribution in [2.45, 2.75) is 6.92 Å². The summed E-state index contributed by atoms with van der Waals surface area (Å²) in [6.07, 6.45) is 2.45. The number of nitrogens with one attached hydrogen (secondary N) is 1. The van der Waals surface area contributed by atoms with Gasteiger partial charge < -0.3 is 15.4 Å². The van der Waals surface area contributed by atoms with Gasteiger partial charge in [-0.3, -0.25) is 9.59 Å². The second-order valence-corrected chi connectivity index (χ2v) is 5.73. The van der Waals surface area contributed by atoms with Gasteiger partial charge in [0.05, 0.1) is 21.3 Å². The molecule has 0 radical (unpaired) electrons. The molecule has 0 unspecified atom stereocenters. The number of nitrogens with zero attached hydrogens (tertiary/aromatic N) is 2. The molecule has 1 aromatic heterocycles. The van der Waals surface area contributed by atoms with Crippen molar-refractivity contribution in [1.82, 2.24) is 4.90 Å². The van der Waals surface area contributed by atoms with Gasteiger partial charge in [-0.15, -0.1) is 0 Å². The third kappa shape index (κ3) is 4.37. The molecule has 126 valence electrons. The molecule has 2 amide bonds. The Kier molecular flexibility index (Phi) is 6.00. The summed E-state index contributed by atoms with van der Waals surface area (Å²) in [5.74, 6) is -0.770. The Hall–Kier alpha value is -2.31. The molecule has 8 heteroatoms. The van der Waals surface area contributed by atoms with Crippen LogP contribution in [0.4, 0.5) is 5.69 Å². The van der Waals surface area contributed by atoms with Crippen LogP contribution in [0.1, 0.15) is 17.3 Å². The fourth-order valence-corrected chi connectivity index (χ4v) is 2.53. The van der Waals surface area contributed by atoms with Crippen molar-refractivity contribution in [2.75, 3.05) is 18.4 Å². The van der Waals surface area contributed by atoms with Gasteiger partial charge in [-0.2, -0.15) is 4.73 Å². The molecule has 0 atom stereocenters. The molecule has 0 aliphatic heterocycles. The van der Waals surface area contributed by atoms with E-state index in [2.05, 4.69) is 5.32 Å². The monoisotopic (exact) mass is 367 g/mol. The second kappa shape index (κ2) is 7.99. The summed E-state index contributed by atoms with van der Waals surface area (Å²) < 4.78 is 0.583. The summed E-state index contributed by atoms with van der Waals surface area (Å²) >= 11 is 12.0. The van der Waals surface area contributed by atoms with Crippen molar-refractivity contribution < 1.29 is 14.3 Å². The molecule has 2 aromatic rings. The average Bonchev–Trinajstić information content (AvgIpc) is 2.56. The van der Waals surface area contributed by atoms with Crippen molar-refractivity contribution in [3.05, 3.63) is 63.5 Å². The van der Waals surface area contributed by atoms with Crippen molar-refractivity contribution in [3.8, 4) is 0 Å². The number of amides is 2. The number of likely N-dealkylation sites (N-methyl/N-ethyl adjacent to an activating group) is 1. The Morgan fingerprint density at radius 3 is 2.29 bits per heavy atom. The van der Waals surface area contributed by atoms with Crippen LogP contribution >= 0.6 is 23.2 Å². The number of carbonyl (C=O) groups excluding carboxylic acids is 2. The van der Waals surface area contributed by atoms with E-state index in [1.54, 1.807) is 25.1 Å². The zero-order valence-corrected chi connectivity index (χ0v) is 14.3. The van der Waals surface area contributed by atoms with Crippen molar-refractivity contribution in [2.24, 2.45) is 0 Å². The van der Waals surface area contributed by atoms with Gasteiger partial charge in [-0.1, -0.05) is 29.3 Å². The lowest BCUT2D eigenvalue weighted by Gasteiger charge is -2.20. The van der Waals surface area contributed by atoms with Crippen LogP contribution in [0.15, 0.2) is 42.7 Å². The molecule has 0 bridgehead atoms. The molecule has 6 nitrogen and oxygen atoms in total. The van der Waals surface area contributed by atoms with Crippen LogP contribution in [-0.2, 0) is 4.79 Å². The number of anilines is 1. The number of carbonyl (C=O) groups is 2. The van der Waals surface area contributed by atoms with E-state index in [-0.39, 0.29) is 12.5 Å². The standard InChI is InChI=1S/C16H15Cl2N3O3/c1-2-20(16(23)11-6-8-21(24)9-7-11)10-14(22)19-15-12(17)4-3-5-13(15)18/h3-9H,2,10H2,1H3,(H,19,22). The molecule has 0 aliphatic carbocycles. The van der Waals surface area contributed by atoms with E-state index in [0.29, 0.717) is 32.6 Å². The van der Waals surface area contributed by atoms with Crippen molar-refractivity contribution >= 4 is 40.7 Å². The molecule has 0 saturated heterocycles. The SMILES string of the molecule is CCN(CC(=O)Nc1c(Cl)cccc1Cl)C(=O)c1cc[n+]([O-])cc1. The minimum Gasteiger partial charge on any atom is -0.619 e. The molecular weight excluding hydrogens is 353 g/mol. The number of halogens is 2. The van der Waals surface area contributed by atoms with Crippen LogP contribution in [0.3, 0.4) is 0 Å². The predicted molar refractivity (Wildman–Crippen MR) is 92.1 cm³/mol. The van der Waals surface area contributed by atoms with E-state index < -0.39 is 5.91 Å². The molecule has 0 saturated carbocycles. The Balaban J connectivity index is 2.08. The van der Waals surface area contributed by atoms with Crippen molar-refractivity contribution in [1.29, 1.82) is 0 Å². The fraction of sp³-hybridized carbons (Fsp3) is 0.188. The number of rotatable bonds is 5. The zero-order valence-electron chi connectivity index (χ0n) is 12.8. The second-order valence-electron chi connectivity index (χ2n) is 4.91. The maximum atomic E-state index is 12.4. The summed E-state index contributed by atoms with van der Waals surface area (Å²) in [5.41, 5.74) is 0.633. The smallest absolute Gasteiger partial charge is 0.254 e. The number of hydrogen-bond acceptors (Lipinski definition) is 3. The zero-order chi connectivity index (χ0) is 17.7. The van der Waals surface area contributed by atoms with Gasteiger partial charge >= 0.3 is 0 Å². The maximum Gasteiger partial charge on any atom is 0.254 e. The first-order valence-corrected chi connectivity index (χ1v) is 7.90. The topological polar surface area (TPSA) is 76.4 Å². The minimum atomic E-state index is -0.421. The largest absolute Gasteiger partial charge is 0.619 e. The lowest BCUT2D eigenvalue weighted by molar-refractivity contribution is -0.605. The molecule has 2 rings (SSSR count). The number of aromatic nitrogens is 1. The first kappa shape index (κ1) is 18.0. The lowest BCUT2D eigenvalue weighted by atomic mass is 10.2. The molecule has 1 heterocycles. The fourth-order valence-electron chi connectivity index (χ4n) is 2.03. The van der Waals surface area contributed by atoms with Crippen LogP contribution in [0.25, 0.3) is 0 Å². The quantitative estimate of drug-likeness (QED) is 0.651. The number of para-hydroxylation sites is 1. The third-order valence-corrected chi connectivity index (χ3v) is 3.91. The minimum absolute atomic E-state index is 0.164. The van der Waals surface area contributed by atoms with Crippen LogP contribution in [0, 0.1) is 5.21 Å². The highest BCUT2D eigenvalue weighted by atomic mass is 35.5. The number of hydrogen-bond donors (Lipinski definition) is 1. The van der Waals surface area contributed by atoms with E-state index in [1.165, 1.54) is 29.4 Å². The van der Waals surface area contributed by atoms with Gasteiger partial charge in [0, 0.05) is 18.7 Å². The molecule has 0 spiro atoms. The maximum absolute atomic E-state index is 12.4. The van der Waals surface area contributed by atoms with Crippen molar-refractivity contribution in [3.63, 3.8) is 0 Å². The summed E-state index contributed by atoms with van der Waals surface area (Å²) in [5, 5.41) is 14.3. The van der Waals surface area contributed by atoms with Crippen LogP contribution < -0.4 is 10.0 Å². The van der Waals surface area contributed by atoms with Gasteiger partial charge in [-0.05, 0) is 19.1 Å². The molecule has 0 aliphatic rings. The van der Waals surface area contributed by atoms with Gasteiger partial charge in [0.25, 0.3) is 5.91 Å². The van der Waals surface area contributed by atoms with E-state index in [0.717, 1.165) is 0 Å². The Morgan fingerprint density at radius 2 is 1.75 bits per heavy atom. The van der Waals surface area contributed by atoms with Crippen LogP contribution in [0.2, 0.25) is 10.0 Å². The average molecular weight is 368 g/mol. The Labute approximate surface area is 149 Å². The molecule has 1 N–H and O–H groups in total. The van der Waals surface area contributed by atoms with Gasteiger partial charge in [-0.25, -0.2) is 0 Å². The first-order valence-electron chi connectivity index (χ1n) is 7.14. The third-order valence-electron chi connectivity index (χ3n) is 3.28. The van der Waals surface area contributed by atoms with E-state index in [1.807, 2.05) is 0 Å². The van der Waals surface area contributed by atoms with Gasteiger partial charge in [0.2, 0.25) is 5.91 Å².